The lowest BCUT2D eigenvalue weighted by atomic mass is 9.83. The lowest BCUT2D eigenvalue weighted by Crippen LogP contribution is -2.44. The van der Waals surface area contributed by atoms with Crippen molar-refractivity contribution in [2.24, 2.45) is 5.41 Å². The second-order valence-electron chi connectivity index (χ2n) is 5.08. The zero-order valence-corrected chi connectivity index (χ0v) is 11.9. The summed E-state index contributed by atoms with van der Waals surface area (Å²) in [5.74, 6) is 1.00. The van der Waals surface area contributed by atoms with E-state index in [1.54, 1.807) is 0 Å². The van der Waals surface area contributed by atoms with Crippen molar-refractivity contribution in [2.75, 3.05) is 32.5 Å². The number of piperidine rings is 1. The molecule has 2 nitrogen and oxygen atoms in total. The molecule has 0 aliphatic carbocycles. The molecule has 0 atom stereocenters. The minimum absolute atomic E-state index is 0.420. The predicted molar refractivity (Wildman–Crippen MR) is 73.3 cm³/mol. The standard InChI is InChI=1S/C13H27NOS/c1-4-13(5-2,11-16)10-14-8-6-12(15-3)7-9-14/h12,16H,4-11H2,1-3H3. The molecule has 16 heavy (non-hydrogen) atoms. The molecule has 0 amide bonds. The average Bonchev–Trinajstić information content (AvgIpc) is 2.37. The van der Waals surface area contributed by atoms with Gasteiger partial charge in [0.05, 0.1) is 6.10 Å². The fourth-order valence-corrected chi connectivity index (χ4v) is 3.07. The topological polar surface area (TPSA) is 12.5 Å². The summed E-state index contributed by atoms with van der Waals surface area (Å²) < 4.78 is 5.41. The van der Waals surface area contributed by atoms with Crippen LogP contribution in [0.3, 0.4) is 0 Å². The number of hydrogen-bond donors (Lipinski definition) is 1. The summed E-state index contributed by atoms with van der Waals surface area (Å²) in [7, 11) is 1.83. The molecule has 0 saturated carbocycles. The zero-order chi connectivity index (χ0) is 12.0. The van der Waals surface area contributed by atoms with E-state index >= 15 is 0 Å². The molecule has 1 saturated heterocycles. The highest BCUT2D eigenvalue weighted by atomic mass is 32.1. The van der Waals surface area contributed by atoms with Crippen molar-refractivity contribution in [1.29, 1.82) is 0 Å². The summed E-state index contributed by atoms with van der Waals surface area (Å²) in [5.41, 5.74) is 0.420. The first-order valence-corrected chi connectivity index (χ1v) is 7.19. The monoisotopic (exact) mass is 245 g/mol. The Kier molecular flexibility index (Phi) is 6.16. The Balaban J connectivity index is 2.42. The third-order valence-corrected chi connectivity index (χ3v) is 4.93. The minimum Gasteiger partial charge on any atom is -0.381 e. The van der Waals surface area contributed by atoms with Crippen molar-refractivity contribution in [3.8, 4) is 0 Å². The highest BCUT2D eigenvalue weighted by Crippen LogP contribution is 2.30. The highest BCUT2D eigenvalue weighted by molar-refractivity contribution is 7.80. The van der Waals surface area contributed by atoms with E-state index in [1.807, 2.05) is 7.11 Å². The second-order valence-corrected chi connectivity index (χ2v) is 5.39. The smallest absolute Gasteiger partial charge is 0.0595 e. The number of hydrogen-bond acceptors (Lipinski definition) is 3. The number of likely N-dealkylation sites (tertiary alicyclic amines) is 1. The molecule has 0 N–H and O–H groups in total. The molecule has 1 heterocycles. The molecule has 1 fully saturated rings. The van der Waals surface area contributed by atoms with Crippen molar-refractivity contribution in [3.63, 3.8) is 0 Å². The second kappa shape index (κ2) is 6.87. The van der Waals surface area contributed by atoms with Crippen LogP contribution in [0.4, 0.5) is 0 Å². The van der Waals surface area contributed by atoms with Crippen LogP contribution in [0.25, 0.3) is 0 Å². The molecule has 0 aromatic carbocycles. The largest absolute Gasteiger partial charge is 0.381 e. The van der Waals surface area contributed by atoms with Gasteiger partial charge in [-0.15, -0.1) is 0 Å². The van der Waals surface area contributed by atoms with Crippen LogP contribution in [0.1, 0.15) is 39.5 Å². The van der Waals surface area contributed by atoms with Gasteiger partial charge in [0, 0.05) is 26.7 Å². The van der Waals surface area contributed by atoms with Crippen LogP contribution in [-0.2, 0) is 4.74 Å². The van der Waals surface area contributed by atoms with Gasteiger partial charge >= 0.3 is 0 Å². The van der Waals surface area contributed by atoms with Crippen LogP contribution in [0.2, 0.25) is 0 Å². The van der Waals surface area contributed by atoms with Crippen LogP contribution >= 0.6 is 12.6 Å². The van der Waals surface area contributed by atoms with E-state index < -0.39 is 0 Å². The molecular formula is C13H27NOS. The quantitative estimate of drug-likeness (QED) is 0.723. The summed E-state index contributed by atoms with van der Waals surface area (Å²) in [5, 5.41) is 0. The molecule has 96 valence electrons. The highest BCUT2D eigenvalue weighted by Gasteiger charge is 2.29. The maximum Gasteiger partial charge on any atom is 0.0595 e. The van der Waals surface area contributed by atoms with Gasteiger partial charge in [-0.1, -0.05) is 13.8 Å². The van der Waals surface area contributed by atoms with E-state index in [0.29, 0.717) is 11.5 Å². The lowest BCUT2D eigenvalue weighted by molar-refractivity contribution is 0.0276. The summed E-state index contributed by atoms with van der Waals surface area (Å²) in [6.45, 7) is 8.17. The summed E-state index contributed by atoms with van der Waals surface area (Å²) in [6.07, 6.45) is 5.33. The Morgan fingerprint density at radius 1 is 1.25 bits per heavy atom. The molecule has 1 rings (SSSR count). The van der Waals surface area contributed by atoms with E-state index in [-0.39, 0.29) is 0 Å². The molecule has 0 aromatic heterocycles. The zero-order valence-electron chi connectivity index (χ0n) is 11.0. The Morgan fingerprint density at radius 2 is 1.81 bits per heavy atom. The Hall–Kier alpha value is 0.270. The number of rotatable bonds is 6. The third kappa shape index (κ3) is 3.64. The normalized spacial score (nSPS) is 20.2. The van der Waals surface area contributed by atoms with E-state index in [9.17, 15) is 0 Å². The maximum absolute atomic E-state index is 5.41. The van der Waals surface area contributed by atoms with Gasteiger partial charge in [-0.3, -0.25) is 0 Å². The van der Waals surface area contributed by atoms with Crippen molar-refractivity contribution < 1.29 is 4.74 Å². The molecule has 3 heteroatoms. The van der Waals surface area contributed by atoms with E-state index in [4.69, 9.17) is 4.74 Å². The van der Waals surface area contributed by atoms with Gasteiger partial charge < -0.3 is 9.64 Å². The number of thiol groups is 1. The summed E-state index contributed by atoms with van der Waals surface area (Å²) in [6, 6.07) is 0. The van der Waals surface area contributed by atoms with Gasteiger partial charge in [-0.25, -0.2) is 0 Å². The number of nitrogens with zero attached hydrogens (tertiary/aromatic N) is 1. The minimum atomic E-state index is 0.420. The van der Waals surface area contributed by atoms with Gasteiger partial charge in [0.15, 0.2) is 0 Å². The van der Waals surface area contributed by atoms with Crippen molar-refractivity contribution in [2.45, 2.75) is 45.6 Å². The van der Waals surface area contributed by atoms with Crippen molar-refractivity contribution in [1.82, 2.24) is 4.90 Å². The number of methoxy groups -OCH3 is 1. The molecule has 0 bridgehead atoms. The third-order valence-electron chi connectivity index (χ3n) is 4.26. The van der Waals surface area contributed by atoms with E-state index in [1.165, 1.54) is 45.3 Å². The van der Waals surface area contributed by atoms with Gasteiger partial charge in [0.1, 0.15) is 0 Å². The molecule has 0 radical (unpaired) electrons. The van der Waals surface area contributed by atoms with Crippen LogP contribution < -0.4 is 0 Å². The molecule has 1 aliphatic rings. The SMILES string of the molecule is CCC(CC)(CS)CN1CCC(OC)CC1. The van der Waals surface area contributed by atoms with Crippen LogP contribution in [0, 0.1) is 5.41 Å². The van der Waals surface area contributed by atoms with E-state index in [0.717, 1.165) is 5.75 Å². The van der Waals surface area contributed by atoms with Gasteiger partial charge in [-0.05, 0) is 36.9 Å². The van der Waals surface area contributed by atoms with Gasteiger partial charge in [-0.2, -0.15) is 12.6 Å². The Morgan fingerprint density at radius 3 is 2.19 bits per heavy atom. The first kappa shape index (κ1) is 14.3. The molecule has 0 unspecified atom stereocenters. The fourth-order valence-electron chi connectivity index (χ4n) is 2.52. The van der Waals surface area contributed by atoms with Crippen LogP contribution in [-0.4, -0.2) is 43.5 Å². The van der Waals surface area contributed by atoms with Crippen molar-refractivity contribution in [3.05, 3.63) is 0 Å². The Bertz CT molecular complexity index is 178. The van der Waals surface area contributed by atoms with E-state index in [2.05, 4.69) is 31.4 Å². The first-order valence-electron chi connectivity index (χ1n) is 6.55. The predicted octanol–water partition coefficient (Wildman–Crippen LogP) is 2.83. The first-order chi connectivity index (χ1) is 7.69. The number of ether oxygens (including phenoxy) is 1. The van der Waals surface area contributed by atoms with Crippen molar-refractivity contribution >= 4 is 12.6 Å². The van der Waals surface area contributed by atoms with Crippen LogP contribution in [0.5, 0.6) is 0 Å². The van der Waals surface area contributed by atoms with Crippen LogP contribution in [0.15, 0.2) is 0 Å². The fraction of sp³-hybridized carbons (Fsp3) is 1.00. The molecule has 1 aliphatic heterocycles. The summed E-state index contributed by atoms with van der Waals surface area (Å²) >= 11 is 4.55. The Labute approximate surface area is 106 Å². The van der Waals surface area contributed by atoms with Gasteiger partial charge in [0.2, 0.25) is 0 Å². The maximum atomic E-state index is 5.41. The molecular weight excluding hydrogens is 218 g/mol. The molecule has 0 aromatic rings. The molecule has 0 spiro atoms. The lowest BCUT2D eigenvalue weighted by Gasteiger charge is -2.39. The summed E-state index contributed by atoms with van der Waals surface area (Å²) in [4.78, 5) is 2.60. The van der Waals surface area contributed by atoms with Gasteiger partial charge in [0.25, 0.3) is 0 Å². The average molecular weight is 245 g/mol.